The molecule has 1 N–H and O–H groups in total. The van der Waals surface area contributed by atoms with E-state index in [0.717, 1.165) is 28.5 Å². The molecule has 0 saturated carbocycles. The number of aryl methyl sites for hydroxylation is 2. The fraction of sp³-hybridized carbons (Fsp3) is 0.261. The lowest BCUT2D eigenvalue weighted by molar-refractivity contribution is -0.123. The molecule has 134 valence electrons. The van der Waals surface area contributed by atoms with Crippen molar-refractivity contribution < 1.29 is 9.53 Å². The minimum absolute atomic E-state index is 0.000725. The molecule has 3 heteroatoms. The highest BCUT2D eigenvalue weighted by Gasteiger charge is 2.15. The fourth-order valence-electron chi connectivity index (χ4n) is 3.32. The molecule has 0 unspecified atom stereocenters. The van der Waals surface area contributed by atoms with Crippen LogP contribution in [0.3, 0.4) is 0 Å². The number of nitrogens with one attached hydrogen (secondary N) is 1. The zero-order valence-electron chi connectivity index (χ0n) is 15.6. The molecule has 1 atom stereocenters. The average molecular weight is 347 g/mol. The van der Waals surface area contributed by atoms with Gasteiger partial charge in [0.2, 0.25) is 0 Å². The van der Waals surface area contributed by atoms with Crippen molar-refractivity contribution in [2.45, 2.75) is 33.2 Å². The van der Waals surface area contributed by atoms with E-state index in [0.29, 0.717) is 0 Å². The minimum Gasteiger partial charge on any atom is -0.483 e. The first-order valence-electron chi connectivity index (χ1n) is 9.05. The summed E-state index contributed by atoms with van der Waals surface area (Å²) in [6.07, 6.45) is 0.837. The van der Waals surface area contributed by atoms with Crippen LogP contribution in [0.2, 0.25) is 0 Å². The van der Waals surface area contributed by atoms with Gasteiger partial charge in [0.25, 0.3) is 5.91 Å². The van der Waals surface area contributed by atoms with Gasteiger partial charge < -0.3 is 10.1 Å². The van der Waals surface area contributed by atoms with Crippen LogP contribution < -0.4 is 10.1 Å². The molecule has 0 saturated heterocycles. The largest absolute Gasteiger partial charge is 0.483 e. The van der Waals surface area contributed by atoms with Gasteiger partial charge >= 0.3 is 0 Å². The standard InChI is InChI=1S/C23H25NO2/c1-4-21(19-13-12-16(2)14-17(19)3)24-23(25)15-26-22-11-7-9-18-8-5-6-10-20(18)22/h5-14,21H,4,15H2,1-3H3,(H,24,25)/t21-/m1/s1. The van der Waals surface area contributed by atoms with Crippen LogP contribution >= 0.6 is 0 Å². The van der Waals surface area contributed by atoms with Crippen LogP contribution in [0, 0.1) is 13.8 Å². The average Bonchev–Trinajstić information content (AvgIpc) is 2.65. The van der Waals surface area contributed by atoms with E-state index < -0.39 is 0 Å². The van der Waals surface area contributed by atoms with Crippen LogP contribution in [-0.4, -0.2) is 12.5 Å². The van der Waals surface area contributed by atoms with E-state index in [-0.39, 0.29) is 18.6 Å². The van der Waals surface area contributed by atoms with Crippen molar-refractivity contribution in [2.75, 3.05) is 6.61 Å². The highest BCUT2D eigenvalue weighted by Crippen LogP contribution is 2.25. The van der Waals surface area contributed by atoms with Crippen LogP contribution in [0.1, 0.15) is 36.1 Å². The second-order valence-corrected chi connectivity index (χ2v) is 6.65. The number of benzene rings is 3. The molecule has 1 amide bonds. The van der Waals surface area contributed by atoms with E-state index in [4.69, 9.17) is 4.74 Å². The fourth-order valence-corrected chi connectivity index (χ4v) is 3.32. The molecule has 3 aromatic carbocycles. The van der Waals surface area contributed by atoms with Crippen molar-refractivity contribution in [1.82, 2.24) is 5.32 Å². The second kappa shape index (κ2) is 8.05. The van der Waals surface area contributed by atoms with E-state index in [1.54, 1.807) is 0 Å². The van der Waals surface area contributed by atoms with E-state index in [2.05, 4.69) is 44.3 Å². The molecular weight excluding hydrogens is 322 g/mol. The Morgan fingerprint density at radius 3 is 2.58 bits per heavy atom. The molecule has 0 aliphatic heterocycles. The van der Waals surface area contributed by atoms with Crippen LogP contribution in [0.25, 0.3) is 10.8 Å². The first-order valence-corrected chi connectivity index (χ1v) is 9.05. The molecule has 0 heterocycles. The van der Waals surface area contributed by atoms with Gasteiger partial charge in [0, 0.05) is 5.39 Å². The lowest BCUT2D eigenvalue weighted by atomic mass is 9.97. The Labute approximate surface area is 155 Å². The maximum atomic E-state index is 12.4. The highest BCUT2D eigenvalue weighted by atomic mass is 16.5. The van der Waals surface area contributed by atoms with Gasteiger partial charge in [-0.1, -0.05) is 67.1 Å². The Morgan fingerprint density at radius 2 is 1.81 bits per heavy atom. The molecule has 3 nitrogen and oxygen atoms in total. The molecule has 0 radical (unpaired) electrons. The first-order chi connectivity index (χ1) is 12.6. The smallest absolute Gasteiger partial charge is 0.258 e. The molecule has 0 aliphatic carbocycles. The predicted molar refractivity (Wildman–Crippen MR) is 107 cm³/mol. The van der Waals surface area contributed by atoms with Crippen molar-refractivity contribution in [3.05, 3.63) is 77.4 Å². The van der Waals surface area contributed by atoms with Gasteiger partial charge in [0.1, 0.15) is 5.75 Å². The van der Waals surface area contributed by atoms with E-state index >= 15 is 0 Å². The second-order valence-electron chi connectivity index (χ2n) is 6.65. The molecule has 0 aliphatic rings. The number of ether oxygens (including phenoxy) is 1. The summed E-state index contributed by atoms with van der Waals surface area (Å²) in [5.74, 6) is 0.627. The molecule has 3 aromatic rings. The number of hydrogen-bond acceptors (Lipinski definition) is 2. The number of rotatable bonds is 6. The van der Waals surface area contributed by atoms with Crippen molar-refractivity contribution in [3.63, 3.8) is 0 Å². The molecule has 0 fully saturated rings. The Morgan fingerprint density at radius 1 is 1.04 bits per heavy atom. The topological polar surface area (TPSA) is 38.3 Å². The zero-order chi connectivity index (χ0) is 18.5. The highest BCUT2D eigenvalue weighted by molar-refractivity contribution is 5.88. The minimum atomic E-state index is -0.107. The Bertz CT molecular complexity index is 912. The maximum Gasteiger partial charge on any atom is 0.258 e. The van der Waals surface area contributed by atoms with Crippen molar-refractivity contribution in [2.24, 2.45) is 0 Å². The molecule has 3 rings (SSSR count). The Hall–Kier alpha value is -2.81. The third-order valence-corrected chi connectivity index (χ3v) is 4.65. The number of fused-ring (bicyclic) bond motifs is 1. The number of amides is 1. The SMILES string of the molecule is CC[C@@H](NC(=O)COc1cccc2ccccc12)c1ccc(C)cc1C. The molecule has 0 bridgehead atoms. The quantitative estimate of drug-likeness (QED) is 0.673. The summed E-state index contributed by atoms with van der Waals surface area (Å²) in [6.45, 7) is 6.25. The summed E-state index contributed by atoms with van der Waals surface area (Å²) < 4.78 is 5.80. The van der Waals surface area contributed by atoms with Crippen LogP contribution in [-0.2, 0) is 4.79 Å². The van der Waals surface area contributed by atoms with Crippen LogP contribution in [0.15, 0.2) is 60.7 Å². The third kappa shape index (κ3) is 4.05. The van der Waals surface area contributed by atoms with Gasteiger partial charge in [-0.25, -0.2) is 0 Å². The van der Waals surface area contributed by atoms with Crippen molar-refractivity contribution >= 4 is 16.7 Å². The Kier molecular flexibility index (Phi) is 5.57. The lowest BCUT2D eigenvalue weighted by Gasteiger charge is -2.20. The van der Waals surface area contributed by atoms with Gasteiger partial charge in [0.15, 0.2) is 6.61 Å². The third-order valence-electron chi connectivity index (χ3n) is 4.65. The summed E-state index contributed by atoms with van der Waals surface area (Å²) in [5, 5.41) is 5.22. The van der Waals surface area contributed by atoms with Gasteiger partial charge in [-0.3, -0.25) is 4.79 Å². The number of hydrogen-bond donors (Lipinski definition) is 1. The summed E-state index contributed by atoms with van der Waals surface area (Å²) in [7, 11) is 0. The molecule has 26 heavy (non-hydrogen) atoms. The van der Waals surface area contributed by atoms with Gasteiger partial charge in [-0.15, -0.1) is 0 Å². The van der Waals surface area contributed by atoms with E-state index in [1.165, 1.54) is 11.1 Å². The number of carbonyl (C=O) groups excluding carboxylic acids is 1. The monoisotopic (exact) mass is 347 g/mol. The van der Waals surface area contributed by atoms with E-state index in [1.807, 2.05) is 42.5 Å². The van der Waals surface area contributed by atoms with E-state index in [9.17, 15) is 4.79 Å². The molecular formula is C23H25NO2. The zero-order valence-corrected chi connectivity index (χ0v) is 15.6. The van der Waals surface area contributed by atoms with Gasteiger partial charge in [-0.05, 0) is 42.8 Å². The molecule has 0 aromatic heterocycles. The summed E-state index contributed by atoms with van der Waals surface area (Å²) in [5.41, 5.74) is 3.59. The predicted octanol–water partition coefficient (Wildman–Crippen LogP) is 5.10. The van der Waals surface area contributed by atoms with Crippen LogP contribution in [0.4, 0.5) is 0 Å². The molecule has 0 spiro atoms. The van der Waals surface area contributed by atoms with Gasteiger partial charge in [-0.2, -0.15) is 0 Å². The lowest BCUT2D eigenvalue weighted by Crippen LogP contribution is -2.32. The van der Waals surface area contributed by atoms with Crippen molar-refractivity contribution in [1.29, 1.82) is 0 Å². The first kappa shape index (κ1) is 18.0. The van der Waals surface area contributed by atoms with Crippen molar-refractivity contribution in [3.8, 4) is 5.75 Å². The summed E-state index contributed by atoms with van der Waals surface area (Å²) >= 11 is 0. The summed E-state index contributed by atoms with van der Waals surface area (Å²) in [6, 6.07) is 20.2. The Balaban J connectivity index is 1.67. The normalized spacial score (nSPS) is 12.0. The maximum absolute atomic E-state index is 12.4. The van der Waals surface area contributed by atoms with Gasteiger partial charge in [0.05, 0.1) is 6.04 Å². The number of carbonyl (C=O) groups is 1. The van der Waals surface area contributed by atoms with Crippen LogP contribution in [0.5, 0.6) is 5.75 Å². The summed E-state index contributed by atoms with van der Waals surface area (Å²) in [4.78, 5) is 12.4.